The third-order valence-electron chi connectivity index (χ3n) is 11.8. The van der Waals surface area contributed by atoms with E-state index in [-0.39, 0.29) is 32.5 Å². The molecule has 2 nitrogen and oxygen atoms in total. The van der Waals surface area contributed by atoms with Gasteiger partial charge in [-0.3, -0.25) is 0 Å². The topological polar surface area (TPSA) is 40.5 Å². The molecule has 2 N–H and O–H groups in total. The van der Waals surface area contributed by atoms with Crippen molar-refractivity contribution in [3.63, 3.8) is 0 Å². The molecule has 4 bridgehead atoms. The monoisotopic (exact) mass is 542 g/mol. The highest BCUT2D eigenvalue weighted by molar-refractivity contribution is 5.65. The van der Waals surface area contributed by atoms with Gasteiger partial charge in [0, 0.05) is 10.8 Å². The SMILES string of the molecule is CC(C)(C)c1cc(C23C4CC5CC(C4)C2(c2cc(C(C)(C)C)c(O)c(C(C)(C)C)c2)C3C5)cc(C(C)(C)C)c1O. The van der Waals surface area contributed by atoms with Crippen LogP contribution in [-0.4, -0.2) is 10.2 Å². The van der Waals surface area contributed by atoms with Crippen LogP contribution < -0.4 is 0 Å². The van der Waals surface area contributed by atoms with Crippen molar-refractivity contribution >= 4 is 0 Å². The van der Waals surface area contributed by atoms with Gasteiger partial charge in [0.25, 0.3) is 0 Å². The van der Waals surface area contributed by atoms with E-state index in [0.29, 0.717) is 29.3 Å². The van der Waals surface area contributed by atoms with Gasteiger partial charge in [0.1, 0.15) is 11.5 Å². The Balaban J connectivity index is 1.66. The van der Waals surface area contributed by atoms with Gasteiger partial charge in [0.15, 0.2) is 0 Å². The van der Waals surface area contributed by atoms with E-state index in [1.165, 1.54) is 36.8 Å². The van der Waals surface area contributed by atoms with Gasteiger partial charge in [-0.2, -0.15) is 0 Å². The largest absolute Gasteiger partial charge is 0.507 e. The molecule has 2 aromatic carbocycles. The van der Waals surface area contributed by atoms with Crippen molar-refractivity contribution < 1.29 is 10.2 Å². The van der Waals surface area contributed by atoms with Gasteiger partial charge in [-0.1, -0.05) is 107 Å². The number of phenols is 2. The fourth-order valence-electron chi connectivity index (χ4n) is 10.3. The van der Waals surface area contributed by atoms with Crippen molar-refractivity contribution in [3.8, 4) is 11.5 Å². The van der Waals surface area contributed by atoms with Crippen molar-refractivity contribution in [1.29, 1.82) is 0 Å². The average Bonchev–Trinajstić information content (AvgIpc) is 3.35. The smallest absolute Gasteiger partial charge is 0.123 e. The molecule has 218 valence electrons. The highest BCUT2D eigenvalue weighted by Gasteiger charge is 2.88. The molecule has 2 aromatic rings. The molecular weight excluding hydrogens is 488 g/mol. The van der Waals surface area contributed by atoms with Crippen molar-refractivity contribution in [3.05, 3.63) is 57.6 Å². The van der Waals surface area contributed by atoms with Gasteiger partial charge in [0.2, 0.25) is 0 Å². The number of hydrogen-bond acceptors (Lipinski definition) is 2. The lowest BCUT2D eigenvalue weighted by atomic mass is 9.62. The van der Waals surface area contributed by atoms with E-state index in [1.807, 2.05) is 0 Å². The van der Waals surface area contributed by atoms with E-state index < -0.39 is 0 Å². The summed E-state index contributed by atoms with van der Waals surface area (Å²) in [6, 6.07) is 9.71. The maximum Gasteiger partial charge on any atom is 0.123 e. The summed E-state index contributed by atoms with van der Waals surface area (Å²) in [5.41, 5.74) is 7.06. The zero-order chi connectivity index (χ0) is 29.6. The molecule has 0 heterocycles. The summed E-state index contributed by atoms with van der Waals surface area (Å²) in [7, 11) is 0. The molecule has 0 aliphatic heterocycles. The molecule has 5 fully saturated rings. The van der Waals surface area contributed by atoms with Crippen LogP contribution in [0, 0.1) is 23.7 Å². The average molecular weight is 543 g/mol. The zero-order valence-electron chi connectivity index (χ0n) is 27.3. The molecular formula is C38H54O2. The Hall–Kier alpha value is -1.96. The standard InChI is InChI=1S/C38H54O2/c1-33(2,3)26-17-24(18-27(31(26)39)34(4,5)6)37-22-13-21-14-23(16-22)38(37,30(37)15-21)25-19-28(35(7,8)9)32(40)29(20-25)36(10,11)12/h17-23,30,39-40H,13-16H2,1-12H3. The van der Waals surface area contributed by atoms with Crippen LogP contribution >= 0.6 is 0 Å². The maximum absolute atomic E-state index is 11.6. The summed E-state index contributed by atoms with van der Waals surface area (Å²) < 4.78 is 0. The Morgan fingerprint density at radius 1 is 0.500 bits per heavy atom. The molecule has 0 aromatic heterocycles. The third kappa shape index (κ3) is 3.46. The Kier molecular flexibility index (Phi) is 5.56. The first-order valence-electron chi connectivity index (χ1n) is 15.9. The van der Waals surface area contributed by atoms with Crippen LogP contribution in [0.1, 0.15) is 142 Å². The summed E-state index contributed by atoms with van der Waals surface area (Å²) in [4.78, 5) is 0. The Morgan fingerprint density at radius 3 is 1.07 bits per heavy atom. The van der Waals surface area contributed by atoms with E-state index in [0.717, 1.165) is 28.2 Å². The molecule has 0 amide bonds. The Labute approximate surface area is 244 Å². The molecule has 0 spiro atoms. The molecule has 5 aliphatic carbocycles. The molecule has 5 aliphatic rings. The van der Waals surface area contributed by atoms with Crippen molar-refractivity contribution in [1.82, 2.24) is 0 Å². The minimum absolute atomic E-state index is 0.125. The summed E-state index contributed by atoms with van der Waals surface area (Å²) in [5.74, 6) is 3.89. The third-order valence-corrected chi connectivity index (χ3v) is 11.8. The predicted molar refractivity (Wildman–Crippen MR) is 167 cm³/mol. The maximum atomic E-state index is 11.6. The molecule has 40 heavy (non-hydrogen) atoms. The van der Waals surface area contributed by atoms with Crippen LogP contribution in [0.15, 0.2) is 24.3 Å². The molecule has 0 saturated heterocycles. The van der Waals surface area contributed by atoms with E-state index in [4.69, 9.17) is 0 Å². The first-order chi connectivity index (χ1) is 18.2. The zero-order valence-corrected chi connectivity index (χ0v) is 27.3. The van der Waals surface area contributed by atoms with Crippen LogP contribution in [0.2, 0.25) is 0 Å². The molecule has 4 atom stereocenters. The minimum Gasteiger partial charge on any atom is -0.507 e. The number of aromatic hydroxyl groups is 2. The minimum atomic E-state index is -0.137. The van der Waals surface area contributed by atoms with Crippen LogP contribution in [-0.2, 0) is 32.5 Å². The van der Waals surface area contributed by atoms with Crippen LogP contribution in [0.25, 0.3) is 0 Å². The quantitative estimate of drug-likeness (QED) is 0.397. The van der Waals surface area contributed by atoms with Crippen LogP contribution in [0.5, 0.6) is 11.5 Å². The van der Waals surface area contributed by atoms with Gasteiger partial charge < -0.3 is 10.2 Å². The van der Waals surface area contributed by atoms with E-state index >= 15 is 0 Å². The second-order valence-electron chi connectivity index (χ2n) is 18.3. The van der Waals surface area contributed by atoms with E-state index in [2.05, 4.69) is 107 Å². The first-order valence-corrected chi connectivity index (χ1v) is 15.9. The lowest BCUT2D eigenvalue weighted by Gasteiger charge is -2.43. The number of hydrogen-bond donors (Lipinski definition) is 2. The fourth-order valence-corrected chi connectivity index (χ4v) is 10.3. The second kappa shape index (κ2) is 7.90. The fraction of sp³-hybridized carbons (Fsp3) is 0.684. The normalized spacial score (nSPS) is 33.0. The lowest BCUT2D eigenvalue weighted by Crippen LogP contribution is -2.35. The molecule has 0 radical (unpaired) electrons. The molecule has 2 heteroatoms. The van der Waals surface area contributed by atoms with Gasteiger partial charge >= 0.3 is 0 Å². The van der Waals surface area contributed by atoms with Crippen LogP contribution in [0.4, 0.5) is 0 Å². The van der Waals surface area contributed by atoms with Crippen molar-refractivity contribution in [2.75, 3.05) is 0 Å². The summed E-state index contributed by atoms with van der Waals surface area (Å²) in [6.45, 7) is 26.9. The summed E-state index contributed by atoms with van der Waals surface area (Å²) >= 11 is 0. The van der Waals surface area contributed by atoms with E-state index in [1.54, 1.807) is 0 Å². The summed E-state index contributed by atoms with van der Waals surface area (Å²) in [5, 5.41) is 23.2. The van der Waals surface area contributed by atoms with E-state index in [9.17, 15) is 10.2 Å². The number of benzene rings is 2. The van der Waals surface area contributed by atoms with Crippen LogP contribution in [0.3, 0.4) is 0 Å². The molecule has 5 saturated carbocycles. The highest BCUT2D eigenvalue weighted by atomic mass is 16.3. The number of phenolic OH excluding ortho intramolecular Hbond substituents is 2. The Morgan fingerprint density at radius 2 is 0.800 bits per heavy atom. The Bertz CT molecular complexity index is 1210. The highest BCUT2D eigenvalue weighted by Crippen LogP contribution is 2.89. The van der Waals surface area contributed by atoms with Gasteiger partial charge in [0.05, 0.1) is 0 Å². The lowest BCUT2D eigenvalue weighted by molar-refractivity contribution is 0.111. The van der Waals surface area contributed by atoms with Gasteiger partial charge in [-0.05, 0) is 104 Å². The van der Waals surface area contributed by atoms with Gasteiger partial charge in [-0.25, -0.2) is 0 Å². The summed E-state index contributed by atoms with van der Waals surface area (Å²) in [6.07, 6.45) is 5.34. The number of rotatable bonds is 2. The molecule has 4 unspecified atom stereocenters. The second-order valence-corrected chi connectivity index (χ2v) is 18.3. The van der Waals surface area contributed by atoms with Crippen molar-refractivity contribution in [2.24, 2.45) is 23.7 Å². The van der Waals surface area contributed by atoms with Gasteiger partial charge in [-0.15, -0.1) is 0 Å². The molecule has 7 rings (SSSR count). The first kappa shape index (κ1) is 28.2. The van der Waals surface area contributed by atoms with Crippen molar-refractivity contribution in [2.45, 2.75) is 141 Å². The predicted octanol–water partition coefficient (Wildman–Crippen LogP) is 9.54.